The Morgan fingerprint density at radius 2 is 2.27 bits per heavy atom. The molecule has 2 nitrogen and oxygen atoms in total. The van der Waals surface area contributed by atoms with Crippen molar-refractivity contribution in [2.75, 3.05) is 7.11 Å². The highest BCUT2D eigenvalue weighted by molar-refractivity contribution is 5.53. The quantitative estimate of drug-likeness (QED) is 0.695. The second-order valence-corrected chi connectivity index (χ2v) is 2.10. The smallest absolute Gasteiger partial charge is 0.160 e. The maximum Gasteiger partial charge on any atom is 0.160 e. The Balaban J connectivity index is 3.09. The van der Waals surface area contributed by atoms with E-state index in [9.17, 15) is 5.11 Å². The second-order valence-electron chi connectivity index (χ2n) is 2.10. The molecule has 11 heavy (non-hydrogen) atoms. The summed E-state index contributed by atoms with van der Waals surface area (Å²) >= 11 is 0. The van der Waals surface area contributed by atoms with E-state index in [1.165, 1.54) is 13.2 Å². The van der Waals surface area contributed by atoms with Crippen LogP contribution in [0.4, 0.5) is 0 Å². The highest BCUT2D eigenvalue weighted by Gasteiger charge is 1.98. The second kappa shape index (κ2) is 3.10. The largest absolute Gasteiger partial charge is 0.504 e. The summed E-state index contributed by atoms with van der Waals surface area (Å²) in [5, 5.41) is 9.22. The third-order valence-electron chi connectivity index (χ3n) is 1.40. The summed E-state index contributed by atoms with van der Waals surface area (Å²) in [5.41, 5.74) is 0.767. The normalized spacial score (nSPS) is 9.18. The van der Waals surface area contributed by atoms with Crippen LogP contribution in [0.15, 0.2) is 18.2 Å². The van der Waals surface area contributed by atoms with Gasteiger partial charge in [0.25, 0.3) is 0 Å². The van der Waals surface area contributed by atoms with Gasteiger partial charge in [-0.25, -0.2) is 0 Å². The molecule has 0 heterocycles. The molecule has 0 aromatic heterocycles. The highest BCUT2D eigenvalue weighted by Crippen LogP contribution is 2.26. The van der Waals surface area contributed by atoms with Gasteiger partial charge in [-0.05, 0) is 17.7 Å². The maximum atomic E-state index is 9.22. The number of hydrogen-bond acceptors (Lipinski definition) is 2. The summed E-state index contributed by atoms with van der Waals surface area (Å²) in [7, 11) is 1.50. The first-order chi connectivity index (χ1) is 5.27. The van der Waals surface area contributed by atoms with E-state index in [2.05, 4.69) is 0 Å². The van der Waals surface area contributed by atoms with Gasteiger partial charge in [0, 0.05) is 0 Å². The molecule has 2 heteroatoms. The number of methoxy groups -OCH3 is 1. The highest BCUT2D eigenvalue weighted by atomic mass is 16.5. The fraction of sp³-hybridized carbons (Fsp3) is 0.111. The molecule has 0 aliphatic carbocycles. The van der Waals surface area contributed by atoms with Crippen LogP contribution < -0.4 is 4.74 Å². The number of rotatable bonds is 2. The first-order valence-electron chi connectivity index (χ1n) is 3.20. The molecule has 57 valence electrons. The Hall–Kier alpha value is -1.44. The van der Waals surface area contributed by atoms with Crippen LogP contribution in [0.2, 0.25) is 0 Å². The van der Waals surface area contributed by atoms with Gasteiger partial charge in [0.05, 0.1) is 7.11 Å². The van der Waals surface area contributed by atoms with Gasteiger partial charge in [0.15, 0.2) is 11.5 Å². The molecular weight excluding hydrogens is 140 g/mol. The monoisotopic (exact) mass is 149 g/mol. The van der Waals surface area contributed by atoms with E-state index < -0.39 is 0 Å². The summed E-state index contributed by atoms with van der Waals surface area (Å²) in [6.07, 6.45) is 1.42. The van der Waals surface area contributed by atoms with Crippen LogP contribution in [0, 0.1) is 6.58 Å². The summed E-state index contributed by atoms with van der Waals surface area (Å²) in [6.45, 7) is 5.23. The van der Waals surface area contributed by atoms with Crippen molar-refractivity contribution < 1.29 is 9.84 Å². The van der Waals surface area contributed by atoms with Crippen molar-refractivity contribution in [3.05, 3.63) is 30.3 Å². The lowest BCUT2D eigenvalue weighted by atomic mass is 10.2. The minimum Gasteiger partial charge on any atom is -0.504 e. The van der Waals surface area contributed by atoms with Crippen molar-refractivity contribution in [3.63, 3.8) is 0 Å². The third-order valence-corrected chi connectivity index (χ3v) is 1.40. The van der Waals surface area contributed by atoms with Crippen LogP contribution >= 0.6 is 0 Å². The SMILES string of the molecule is [CH]=Cc1ccc(OC)c(O)c1. The molecule has 0 amide bonds. The molecule has 1 rings (SSSR count). The molecule has 0 aliphatic rings. The molecule has 0 atom stereocenters. The zero-order valence-corrected chi connectivity index (χ0v) is 6.24. The molecular formula is C9H9O2. The van der Waals surface area contributed by atoms with E-state index in [0.717, 1.165) is 5.56 Å². The van der Waals surface area contributed by atoms with Gasteiger partial charge in [-0.3, -0.25) is 0 Å². The zero-order chi connectivity index (χ0) is 8.27. The van der Waals surface area contributed by atoms with E-state index in [1.54, 1.807) is 18.2 Å². The summed E-state index contributed by atoms with van der Waals surface area (Å²) in [4.78, 5) is 0. The summed E-state index contributed by atoms with van der Waals surface area (Å²) in [5.74, 6) is 0.558. The zero-order valence-electron chi connectivity index (χ0n) is 6.24. The lowest BCUT2D eigenvalue weighted by Gasteiger charge is -2.02. The number of benzene rings is 1. The Morgan fingerprint density at radius 3 is 2.73 bits per heavy atom. The van der Waals surface area contributed by atoms with Gasteiger partial charge in [-0.1, -0.05) is 18.7 Å². The van der Waals surface area contributed by atoms with E-state index in [0.29, 0.717) is 5.75 Å². The minimum atomic E-state index is 0.103. The average Bonchev–Trinajstić information content (AvgIpc) is 2.04. The lowest BCUT2D eigenvalue weighted by Crippen LogP contribution is -1.83. The summed E-state index contributed by atoms with van der Waals surface area (Å²) in [6, 6.07) is 4.96. The van der Waals surface area contributed by atoms with Crippen LogP contribution in [0.25, 0.3) is 6.08 Å². The van der Waals surface area contributed by atoms with Crippen molar-refractivity contribution in [2.24, 2.45) is 0 Å². The molecule has 1 N–H and O–H groups in total. The van der Waals surface area contributed by atoms with Crippen LogP contribution in [0.1, 0.15) is 5.56 Å². The Kier molecular flexibility index (Phi) is 2.16. The number of hydrogen-bond donors (Lipinski definition) is 1. The average molecular weight is 149 g/mol. The molecule has 0 bridgehead atoms. The number of phenols is 1. The first kappa shape index (κ1) is 7.66. The van der Waals surface area contributed by atoms with E-state index >= 15 is 0 Å². The van der Waals surface area contributed by atoms with Crippen LogP contribution in [-0.2, 0) is 0 Å². The number of ether oxygens (including phenoxy) is 1. The molecule has 0 unspecified atom stereocenters. The fourth-order valence-electron chi connectivity index (χ4n) is 0.811. The maximum absolute atomic E-state index is 9.22. The number of phenolic OH excluding ortho intramolecular Hbond substituents is 1. The van der Waals surface area contributed by atoms with E-state index in [4.69, 9.17) is 11.3 Å². The van der Waals surface area contributed by atoms with Gasteiger partial charge >= 0.3 is 0 Å². The van der Waals surface area contributed by atoms with Gasteiger partial charge < -0.3 is 9.84 Å². The molecule has 0 saturated carbocycles. The Labute approximate surface area is 65.7 Å². The minimum absolute atomic E-state index is 0.103. The van der Waals surface area contributed by atoms with Crippen molar-refractivity contribution in [1.29, 1.82) is 0 Å². The van der Waals surface area contributed by atoms with Crippen LogP contribution in [-0.4, -0.2) is 12.2 Å². The van der Waals surface area contributed by atoms with Gasteiger partial charge in [-0.2, -0.15) is 0 Å². The van der Waals surface area contributed by atoms with E-state index in [-0.39, 0.29) is 5.75 Å². The first-order valence-corrected chi connectivity index (χ1v) is 3.20. The molecule has 0 spiro atoms. The Morgan fingerprint density at radius 1 is 1.55 bits per heavy atom. The number of aromatic hydroxyl groups is 1. The molecule has 0 aliphatic heterocycles. The molecule has 1 radical (unpaired) electrons. The van der Waals surface area contributed by atoms with Crippen molar-refractivity contribution in [3.8, 4) is 11.5 Å². The molecule has 0 saturated heterocycles. The predicted octanol–water partition coefficient (Wildman–Crippen LogP) is 1.85. The standard InChI is InChI=1S/C9H9O2/c1-3-7-4-5-9(11-2)8(10)6-7/h1,3-6,10H,2H3. The summed E-state index contributed by atoms with van der Waals surface area (Å²) < 4.78 is 4.84. The van der Waals surface area contributed by atoms with Gasteiger partial charge in [-0.15, -0.1) is 0 Å². The lowest BCUT2D eigenvalue weighted by molar-refractivity contribution is 0.373. The fourth-order valence-corrected chi connectivity index (χ4v) is 0.811. The Bertz CT molecular complexity index is 266. The topological polar surface area (TPSA) is 29.5 Å². The van der Waals surface area contributed by atoms with Crippen molar-refractivity contribution in [1.82, 2.24) is 0 Å². The molecule has 1 aromatic rings. The van der Waals surface area contributed by atoms with Crippen LogP contribution in [0.5, 0.6) is 11.5 Å². The van der Waals surface area contributed by atoms with E-state index in [1.807, 2.05) is 0 Å². The molecule has 0 fully saturated rings. The van der Waals surface area contributed by atoms with Gasteiger partial charge in [0.1, 0.15) is 0 Å². The van der Waals surface area contributed by atoms with Crippen molar-refractivity contribution in [2.45, 2.75) is 0 Å². The predicted molar refractivity (Wildman–Crippen MR) is 43.4 cm³/mol. The van der Waals surface area contributed by atoms with Gasteiger partial charge in [0.2, 0.25) is 0 Å². The van der Waals surface area contributed by atoms with Crippen LogP contribution in [0.3, 0.4) is 0 Å². The van der Waals surface area contributed by atoms with Crippen molar-refractivity contribution >= 4 is 6.08 Å². The molecule has 1 aromatic carbocycles. The third kappa shape index (κ3) is 1.52.